The summed E-state index contributed by atoms with van der Waals surface area (Å²) in [6, 6.07) is 2.13. The summed E-state index contributed by atoms with van der Waals surface area (Å²) in [5.74, 6) is -0.922. The summed E-state index contributed by atoms with van der Waals surface area (Å²) in [4.78, 5) is 10.2. The fraction of sp³-hybridized carbons (Fsp3) is 0.417. The van der Waals surface area contributed by atoms with Crippen LogP contribution in [0, 0.1) is 0 Å². The minimum Gasteiger partial charge on any atom is -0.481 e. The van der Waals surface area contributed by atoms with Crippen LogP contribution >= 0.6 is 34.8 Å². The lowest BCUT2D eigenvalue weighted by Gasteiger charge is -2.15. The molecule has 0 aliphatic heterocycles. The molecule has 1 aromatic carbocycles. The van der Waals surface area contributed by atoms with Gasteiger partial charge >= 0.3 is 5.97 Å². The van der Waals surface area contributed by atoms with E-state index < -0.39 is 22.0 Å². The van der Waals surface area contributed by atoms with Crippen molar-refractivity contribution in [1.82, 2.24) is 4.72 Å². The summed E-state index contributed by atoms with van der Waals surface area (Å²) in [6.45, 7) is 1.64. The standard InChI is InChI=1S/C12H14Cl3NO4S/c1-7(3-2-4-11(17)18)16-21(19,20)12-9(14)5-8(13)6-10(12)15/h5-7,16H,2-4H2,1H3,(H,17,18). The van der Waals surface area contributed by atoms with E-state index in [0.717, 1.165) is 0 Å². The van der Waals surface area contributed by atoms with E-state index in [-0.39, 0.29) is 26.4 Å². The molecule has 0 amide bonds. The highest BCUT2D eigenvalue weighted by molar-refractivity contribution is 7.89. The molecule has 0 aliphatic carbocycles. The van der Waals surface area contributed by atoms with E-state index in [1.54, 1.807) is 6.92 Å². The zero-order chi connectivity index (χ0) is 16.2. The van der Waals surface area contributed by atoms with E-state index in [4.69, 9.17) is 39.9 Å². The van der Waals surface area contributed by atoms with Crippen molar-refractivity contribution in [2.24, 2.45) is 0 Å². The van der Waals surface area contributed by atoms with Gasteiger partial charge in [-0.25, -0.2) is 13.1 Å². The number of hydrogen-bond acceptors (Lipinski definition) is 3. The van der Waals surface area contributed by atoms with Gasteiger partial charge in [-0.1, -0.05) is 34.8 Å². The van der Waals surface area contributed by atoms with Crippen LogP contribution in [0.3, 0.4) is 0 Å². The lowest BCUT2D eigenvalue weighted by molar-refractivity contribution is -0.137. The van der Waals surface area contributed by atoms with E-state index in [9.17, 15) is 13.2 Å². The number of sulfonamides is 1. The molecule has 1 aromatic rings. The Morgan fingerprint density at radius 2 is 1.81 bits per heavy atom. The van der Waals surface area contributed by atoms with Crippen LogP contribution in [0.5, 0.6) is 0 Å². The average molecular weight is 375 g/mol. The Kier molecular flexibility index (Phi) is 6.74. The molecule has 0 saturated heterocycles. The first-order valence-corrected chi connectivity index (χ1v) is 8.64. The Morgan fingerprint density at radius 1 is 1.29 bits per heavy atom. The van der Waals surface area contributed by atoms with E-state index in [0.29, 0.717) is 12.8 Å². The molecule has 21 heavy (non-hydrogen) atoms. The summed E-state index contributed by atoms with van der Waals surface area (Å²) in [5.41, 5.74) is 0. The summed E-state index contributed by atoms with van der Waals surface area (Å²) < 4.78 is 26.9. The molecule has 0 heterocycles. The maximum absolute atomic E-state index is 12.3. The van der Waals surface area contributed by atoms with Crippen molar-refractivity contribution in [2.75, 3.05) is 0 Å². The third-order valence-corrected chi connectivity index (χ3v) is 5.34. The third kappa shape index (κ3) is 5.64. The first kappa shape index (κ1) is 18.5. The number of carboxylic acids is 1. The maximum Gasteiger partial charge on any atom is 0.303 e. The number of carboxylic acid groups (broad SMARTS) is 1. The highest BCUT2D eigenvalue weighted by Gasteiger charge is 2.24. The van der Waals surface area contributed by atoms with Crippen molar-refractivity contribution >= 4 is 50.8 Å². The average Bonchev–Trinajstić information content (AvgIpc) is 2.24. The number of benzene rings is 1. The van der Waals surface area contributed by atoms with Crippen molar-refractivity contribution in [1.29, 1.82) is 0 Å². The van der Waals surface area contributed by atoms with Gasteiger partial charge in [0.25, 0.3) is 0 Å². The first-order valence-electron chi connectivity index (χ1n) is 6.02. The van der Waals surface area contributed by atoms with Crippen LogP contribution in [-0.4, -0.2) is 25.5 Å². The highest BCUT2D eigenvalue weighted by Crippen LogP contribution is 2.32. The molecular weight excluding hydrogens is 361 g/mol. The van der Waals surface area contributed by atoms with Gasteiger partial charge in [0.05, 0.1) is 10.0 Å². The monoisotopic (exact) mass is 373 g/mol. The van der Waals surface area contributed by atoms with E-state index in [2.05, 4.69) is 4.72 Å². The van der Waals surface area contributed by atoms with Crippen LogP contribution < -0.4 is 4.72 Å². The minimum atomic E-state index is -3.91. The van der Waals surface area contributed by atoms with Crippen molar-refractivity contribution in [3.05, 3.63) is 27.2 Å². The summed E-state index contributed by atoms with van der Waals surface area (Å²) in [7, 11) is -3.91. The predicted molar refractivity (Wildman–Crippen MR) is 82.7 cm³/mol. The molecule has 1 atom stereocenters. The molecule has 5 nitrogen and oxygen atoms in total. The van der Waals surface area contributed by atoms with Crippen LogP contribution in [0.15, 0.2) is 17.0 Å². The van der Waals surface area contributed by atoms with Crippen molar-refractivity contribution in [3.8, 4) is 0 Å². The molecular formula is C12H14Cl3NO4S. The van der Waals surface area contributed by atoms with Gasteiger partial charge in [-0.3, -0.25) is 4.79 Å². The molecule has 2 N–H and O–H groups in total. The van der Waals surface area contributed by atoms with Gasteiger partial charge in [-0.15, -0.1) is 0 Å². The largest absolute Gasteiger partial charge is 0.481 e. The topological polar surface area (TPSA) is 83.5 Å². The van der Waals surface area contributed by atoms with Gasteiger partial charge in [0.1, 0.15) is 4.90 Å². The summed E-state index contributed by atoms with van der Waals surface area (Å²) >= 11 is 17.5. The Bertz CT molecular complexity index is 610. The second kappa shape index (κ2) is 7.65. The van der Waals surface area contributed by atoms with E-state index in [1.807, 2.05) is 0 Å². The van der Waals surface area contributed by atoms with Crippen LogP contribution in [0.4, 0.5) is 0 Å². The smallest absolute Gasteiger partial charge is 0.303 e. The molecule has 118 valence electrons. The molecule has 1 unspecified atom stereocenters. The Hall–Kier alpha value is -0.530. The van der Waals surface area contributed by atoms with Gasteiger partial charge in [0, 0.05) is 17.5 Å². The molecule has 0 aliphatic rings. The molecule has 0 bridgehead atoms. The molecule has 9 heteroatoms. The second-order valence-corrected chi connectivity index (χ2v) is 7.41. The second-order valence-electron chi connectivity index (χ2n) is 4.51. The molecule has 0 aromatic heterocycles. The Morgan fingerprint density at radius 3 is 2.29 bits per heavy atom. The van der Waals surface area contributed by atoms with Crippen molar-refractivity contribution < 1.29 is 18.3 Å². The highest BCUT2D eigenvalue weighted by atomic mass is 35.5. The number of aliphatic carboxylic acids is 1. The van der Waals surface area contributed by atoms with Crippen LogP contribution in [0.2, 0.25) is 15.1 Å². The molecule has 0 saturated carbocycles. The minimum absolute atomic E-state index is 0.0193. The zero-order valence-electron chi connectivity index (χ0n) is 11.1. The fourth-order valence-corrected chi connectivity index (χ4v) is 4.55. The molecule has 0 fully saturated rings. The fourth-order valence-electron chi connectivity index (χ4n) is 1.73. The Labute approximate surface area is 138 Å². The van der Waals surface area contributed by atoms with E-state index in [1.165, 1.54) is 12.1 Å². The Balaban J connectivity index is 2.85. The van der Waals surface area contributed by atoms with Gasteiger partial charge in [0.15, 0.2) is 0 Å². The quantitative estimate of drug-likeness (QED) is 0.764. The number of nitrogens with one attached hydrogen (secondary N) is 1. The number of rotatable bonds is 7. The van der Waals surface area contributed by atoms with E-state index >= 15 is 0 Å². The molecule has 0 radical (unpaired) electrons. The molecule has 1 rings (SSSR count). The SMILES string of the molecule is CC(CCCC(=O)O)NS(=O)(=O)c1c(Cl)cc(Cl)cc1Cl. The van der Waals surface area contributed by atoms with Gasteiger partial charge in [-0.05, 0) is 31.9 Å². The predicted octanol–water partition coefficient (Wildman–Crippen LogP) is 3.57. The van der Waals surface area contributed by atoms with Crippen molar-refractivity contribution in [3.63, 3.8) is 0 Å². The number of halogens is 3. The normalized spacial score (nSPS) is 13.1. The van der Waals surface area contributed by atoms with Gasteiger partial charge in [0.2, 0.25) is 10.0 Å². The third-order valence-electron chi connectivity index (χ3n) is 2.62. The number of carbonyl (C=O) groups is 1. The van der Waals surface area contributed by atoms with Gasteiger partial charge in [-0.2, -0.15) is 0 Å². The lowest BCUT2D eigenvalue weighted by Crippen LogP contribution is -2.33. The maximum atomic E-state index is 12.3. The van der Waals surface area contributed by atoms with Crippen LogP contribution in [0.25, 0.3) is 0 Å². The zero-order valence-corrected chi connectivity index (χ0v) is 14.2. The first-order chi connectivity index (χ1) is 9.63. The van der Waals surface area contributed by atoms with Crippen LogP contribution in [-0.2, 0) is 14.8 Å². The van der Waals surface area contributed by atoms with Gasteiger partial charge < -0.3 is 5.11 Å². The molecule has 0 spiro atoms. The van der Waals surface area contributed by atoms with Crippen molar-refractivity contribution in [2.45, 2.75) is 37.1 Å². The summed E-state index contributed by atoms with van der Waals surface area (Å²) in [5, 5.41) is 8.64. The summed E-state index contributed by atoms with van der Waals surface area (Å²) in [6.07, 6.45) is 0.726. The van der Waals surface area contributed by atoms with Crippen LogP contribution in [0.1, 0.15) is 26.2 Å². The number of hydrogen-bond donors (Lipinski definition) is 2. The lowest BCUT2D eigenvalue weighted by atomic mass is 10.1.